The number of nitrogens with zero attached hydrogens (tertiary/aromatic N) is 5. The Morgan fingerprint density at radius 3 is 2.52 bits per heavy atom. The zero-order valence-electron chi connectivity index (χ0n) is 15.5. The molecule has 0 aliphatic heterocycles. The summed E-state index contributed by atoms with van der Waals surface area (Å²) in [7, 11) is 0. The maximum atomic E-state index is 13.6. The van der Waals surface area contributed by atoms with Crippen molar-refractivity contribution >= 4 is 16.6 Å². The van der Waals surface area contributed by atoms with E-state index in [2.05, 4.69) is 20.3 Å². The minimum atomic E-state index is -0.615. The summed E-state index contributed by atoms with van der Waals surface area (Å²) in [5, 5.41) is 13.8. The molecule has 0 spiro atoms. The smallest absolute Gasteiger partial charge is 0.177 e. The van der Waals surface area contributed by atoms with Gasteiger partial charge in [0.25, 0.3) is 0 Å². The second-order valence-electron chi connectivity index (χ2n) is 6.95. The Labute approximate surface area is 164 Å². The molecule has 5 aromatic rings. The molecule has 0 unspecified atom stereocenters. The van der Waals surface area contributed by atoms with Gasteiger partial charge in [0.1, 0.15) is 11.6 Å². The van der Waals surface area contributed by atoms with Gasteiger partial charge in [0.15, 0.2) is 11.5 Å². The van der Waals surface area contributed by atoms with Gasteiger partial charge in [-0.2, -0.15) is 9.61 Å². The molecular formula is C22H15F2N5. The van der Waals surface area contributed by atoms with Crippen molar-refractivity contribution in [2.75, 3.05) is 0 Å². The molecule has 0 saturated carbocycles. The molecule has 5 rings (SSSR count). The predicted octanol–water partition coefficient (Wildman–Crippen LogP) is 4.52. The van der Waals surface area contributed by atoms with Crippen molar-refractivity contribution in [1.29, 1.82) is 0 Å². The summed E-state index contributed by atoms with van der Waals surface area (Å²) in [6.45, 7) is 1.92. The van der Waals surface area contributed by atoms with E-state index in [-0.39, 0.29) is 0 Å². The van der Waals surface area contributed by atoms with Gasteiger partial charge >= 0.3 is 0 Å². The minimum absolute atomic E-state index is 0.449. The Hall–Kier alpha value is -3.74. The summed E-state index contributed by atoms with van der Waals surface area (Å²) in [5.41, 5.74) is 4.49. The van der Waals surface area contributed by atoms with Crippen molar-refractivity contribution in [3.05, 3.63) is 89.5 Å². The third-order valence-electron chi connectivity index (χ3n) is 4.76. The molecule has 0 radical (unpaired) electrons. The quantitative estimate of drug-likeness (QED) is 0.457. The molecule has 0 bridgehead atoms. The van der Waals surface area contributed by atoms with E-state index in [1.165, 1.54) is 12.1 Å². The van der Waals surface area contributed by atoms with Gasteiger partial charge in [-0.3, -0.25) is 4.98 Å². The van der Waals surface area contributed by atoms with E-state index >= 15 is 0 Å². The monoisotopic (exact) mass is 387 g/mol. The van der Waals surface area contributed by atoms with Crippen LogP contribution in [0.5, 0.6) is 0 Å². The lowest BCUT2D eigenvalue weighted by atomic mass is 10.0. The Balaban J connectivity index is 1.54. The third kappa shape index (κ3) is 3.31. The van der Waals surface area contributed by atoms with Gasteiger partial charge < -0.3 is 0 Å². The molecule has 142 valence electrons. The van der Waals surface area contributed by atoms with Gasteiger partial charge in [-0.15, -0.1) is 10.2 Å². The van der Waals surface area contributed by atoms with Crippen LogP contribution >= 0.6 is 0 Å². The van der Waals surface area contributed by atoms with E-state index < -0.39 is 11.6 Å². The van der Waals surface area contributed by atoms with Crippen LogP contribution in [0.2, 0.25) is 0 Å². The lowest BCUT2D eigenvalue weighted by molar-refractivity contribution is 0.584. The first kappa shape index (κ1) is 17.4. The first-order valence-corrected chi connectivity index (χ1v) is 9.08. The van der Waals surface area contributed by atoms with Gasteiger partial charge in [0, 0.05) is 29.6 Å². The van der Waals surface area contributed by atoms with E-state index in [0.717, 1.165) is 34.1 Å². The highest BCUT2D eigenvalue weighted by Crippen LogP contribution is 2.25. The molecule has 29 heavy (non-hydrogen) atoms. The maximum absolute atomic E-state index is 13.6. The minimum Gasteiger partial charge on any atom is -0.256 e. The van der Waals surface area contributed by atoms with Crippen LogP contribution in [-0.4, -0.2) is 24.8 Å². The molecule has 7 heteroatoms. The first-order valence-electron chi connectivity index (χ1n) is 9.08. The van der Waals surface area contributed by atoms with Gasteiger partial charge in [-0.25, -0.2) is 8.78 Å². The van der Waals surface area contributed by atoms with Crippen molar-refractivity contribution < 1.29 is 8.78 Å². The van der Waals surface area contributed by atoms with Crippen molar-refractivity contribution in [2.24, 2.45) is 0 Å². The van der Waals surface area contributed by atoms with Crippen LogP contribution in [0.25, 0.3) is 27.7 Å². The van der Waals surface area contributed by atoms with Crippen molar-refractivity contribution in [3.63, 3.8) is 0 Å². The Morgan fingerprint density at radius 1 is 0.862 bits per heavy atom. The fourth-order valence-corrected chi connectivity index (χ4v) is 3.39. The van der Waals surface area contributed by atoms with E-state index in [4.69, 9.17) is 0 Å². The molecule has 2 aromatic carbocycles. The van der Waals surface area contributed by atoms with Crippen molar-refractivity contribution in [3.8, 4) is 11.1 Å². The number of aromatic nitrogens is 5. The molecule has 5 nitrogen and oxygen atoms in total. The Kier molecular flexibility index (Phi) is 4.01. The second-order valence-corrected chi connectivity index (χ2v) is 6.95. The fraction of sp³-hybridized carbons (Fsp3) is 0.0909. The third-order valence-corrected chi connectivity index (χ3v) is 4.76. The SMILES string of the molecule is Cc1ccc2nnc(Cc3ccc4ncc(-c5cc(F)cc(F)c5)cc4c3)n2n1. The molecule has 0 N–H and O–H groups in total. The van der Waals surface area contributed by atoms with Crippen LogP contribution in [0.3, 0.4) is 0 Å². The van der Waals surface area contributed by atoms with E-state index in [1.807, 2.05) is 43.3 Å². The Morgan fingerprint density at radius 2 is 1.69 bits per heavy atom. The molecule has 0 fully saturated rings. The summed E-state index contributed by atoms with van der Waals surface area (Å²) in [6.07, 6.45) is 2.17. The van der Waals surface area contributed by atoms with Gasteiger partial charge in [0.2, 0.25) is 0 Å². The van der Waals surface area contributed by atoms with Gasteiger partial charge in [-0.1, -0.05) is 6.07 Å². The van der Waals surface area contributed by atoms with E-state index in [1.54, 1.807) is 10.7 Å². The zero-order chi connectivity index (χ0) is 20.0. The topological polar surface area (TPSA) is 56.0 Å². The highest BCUT2D eigenvalue weighted by atomic mass is 19.1. The number of aryl methyl sites for hydroxylation is 1. The predicted molar refractivity (Wildman–Crippen MR) is 105 cm³/mol. The highest BCUT2D eigenvalue weighted by molar-refractivity contribution is 5.84. The summed E-state index contributed by atoms with van der Waals surface area (Å²) >= 11 is 0. The largest absolute Gasteiger partial charge is 0.256 e. The molecule has 0 aliphatic rings. The van der Waals surface area contributed by atoms with E-state index in [9.17, 15) is 8.78 Å². The van der Waals surface area contributed by atoms with Crippen LogP contribution in [-0.2, 0) is 6.42 Å². The number of pyridine rings is 1. The van der Waals surface area contributed by atoms with Gasteiger partial charge in [-0.05, 0) is 60.5 Å². The zero-order valence-corrected chi connectivity index (χ0v) is 15.5. The standard InChI is InChI=1S/C22H15F2N5/c1-13-2-5-21-26-27-22(29(21)28-13)7-14-3-4-20-16(6-14)8-17(12-25-20)15-9-18(23)11-19(24)10-15/h2-6,8-12H,7H2,1H3. The highest BCUT2D eigenvalue weighted by Gasteiger charge is 2.10. The second kappa shape index (κ2) is 6.70. The van der Waals surface area contributed by atoms with Crippen LogP contribution in [0.1, 0.15) is 17.1 Å². The van der Waals surface area contributed by atoms with E-state index in [0.29, 0.717) is 23.2 Å². The number of halogens is 2. The van der Waals surface area contributed by atoms with Crippen LogP contribution in [0.4, 0.5) is 8.78 Å². The van der Waals surface area contributed by atoms with Crippen LogP contribution < -0.4 is 0 Å². The molecule has 3 heterocycles. The van der Waals surface area contributed by atoms with Gasteiger partial charge in [0.05, 0.1) is 11.2 Å². The number of benzene rings is 2. The average molecular weight is 387 g/mol. The van der Waals surface area contributed by atoms with Crippen LogP contribution in [0, 0.1) is 18.6 Å². The van der Waals surface area contributed by atoms with Crippen LogP contribution in [0.15, 0.2) is 60.8 Å². The fourth-order valence-electron chi connectivity index (χ4n) is 3.39. The summed E-state index contributed by atoms with van der Waals surface area (Å²) in [4.78, 5) is 4.43. The number of hydrogen-bond donors (Lipinski definition) is 0. The summed E-state index contributed by atoms with van der Waals surface area (Å²) in [6, 6.07) is 15.0. The lowest BCUT2D eigenvalue weighted by Gasteiger charge is -2.06. The Bertz CT molecular complexity index is 1360. The maximum Gasteiger partial charge on any atom is 0.177 e. The van der Waals surface area contributed by atoms with Crippen molar-refractivity contribution in [1.82, 2.24) is 24.8 Å². The molecule has 3 aromatic heterocycles. The molecule has 0 atom stereocenters. The lowest BCUT2D eigenvalue weighted by Crippen LogP contribution is -2.01. The molecule has 0 amide bonds. The first-order chi connectivity index (χ1) is 14.0. The summed E-state index contributed by atoms with van der Waals surface area (Å²) in [5.74, 6) is -0.495. The number of fused-ring (bicyclic) bond motifs is 2. The molecular weight excluding hydrogens is 372 g/mol. The normalized spacial score (nSPS) is 11.4. The average Bonchev–Trinajstić information content (AvgIpc) is 3.08. The molecule has 0 saturated heterocycles. The number of rotatable bonds is 3. The molecule has 0 aliphatic carbocycles. The summed E-state index contributed by atoms with van der Waals surface area (Å²) < 4.78 is 28.9. The number of hydrogen-bond acceptors (Lipinski definition) is 4. The van der Waals surface area contributed by atoms with Crippen molar-refractivity contribution in [2.45, 2.75) is 13.3 Å².